The van der Waals surface area contributed by atoms with E-state index in [0.717, 1.165) is 5.56 Å². The minimum Gasteiger partial charge on any atom is -0.355 e. The summed E-state index contributed by atoms with van der Waals surface area (Å²) in [6, 6.07) is 5.23. The van der Waals surface area contributed by atoms with Gasteiger partial charge in [0.15, 0.2) is 0 Å². The van der Waals surface area contributed by atoms with Crippen LogP contribution >= 0.6 is 0 Å². The predicted molar refractivity (Wildman–Crippen MR) is 55.6 cm³/mol. The van der Waals surface area contributed by atoms with Crippen molar-refractivity contribution in [2.45, 2.75) is 6.54 Å². The van der Waals surface area contributed by atoms with Gasteiger partial charge in [0, 0.05) is 31.8 Å². The average molecular weight is 204 g/mol. The van der Waals surface area contributed by atoms with Crippen LogP contribution in [0.15, 0.2) is 18.2 Å². The molecule has 1 aromatic rings. The Morgan fingerprint density at radius 1 is 1.47 bits per heavy atom. The lowest BCUT2D eigenvalue weighted by atomic mass is 10.1. The minimum absolute atomic E-state index is 0.0178. The van der Waals surface area contributed by atoms with Crippen molar-refractivity contribution in [2.24, 2.45) is 0 Å². The van der Waals surface area contributed by atoms with E-state index in [0.29, 0.717) is 17.7 Å². The zero-order valence-corrected chi connectivity index (χ0v) is 8.70. The van der Waals surface area contributed by atoms with Crippen molar-refractivity contribution in [3.63, 3.8) is 0 Å². The summed E-state index contributed by atoms with van der Waals surface area (Å²) >= 11 is 0. The first-order chi connectivity index (χ1) is 7.13. The second kappa shape index (κ2) is 3.38. The molecule has 1 N–H and O–H groups in total. The first kappa shape index (κ1) is 9.71. The maximum Gasteiger partial charge on any atom is 0.254 e. The highest BCUT2D eigenvalue weighted by Crippen LogP contribution is 2.22. The van der Waals surface area contributed by atoms with Crippen molar-refractivity contribution in [2.75, 3.05) is 14.1 Å². The predicted octanol–water partition coefficient (Wildman–Crippen LogP) is 0.632. The fourth-order valence-electron chi connectivity index (χ4n) is 1.73. The van der Waals surface area contributed by atoms with Gasteiger partial charge in [-0.3, -0.25) is 9.59 Å². The number of fused-ring (bicyclic) bond motifs is 1. The Morgan fingerprint density at radius 2 is 2.20 bits per heavy atom. The van der Waals surface area contributed by atoms with Gasteiger partial charge in [0.2, 0.25) is 0 Å². The number of benzene rings is 1. The topological polar surface area (TPSA) is 49.4 Å². The van der Waals surface area contributed by atoms with Crippen molar-refractivity contribution in [1.29, 1.82) is 0 Å². The second-order valence-corrected chi connectivity index (χ2v) is 3.61. The normalized spacial score (nSPS) is 14.0. The molecule has 1 aromatic carbocycles. The number of rotatable bonds is 1. The Hall–Kier alpha value is -1.84. The maximum atomic E-state index is 11.7. The third kappa shape index (κ3) is 1.48. The first-order valence-electron chi connectivity index (χ1n) is 4.74. The average Bonchev–Trinajstić information content (AvgIpc) is 2.54. The smallest absolute Gasteiger partial charge is 0.254 e. The third-order valence-electron chi connectivity index (χ3n) is 2.58. The first-order valence-corrected chi connectivity index (χ1v) is 4.74. The highest BCUT2D eigenvalue weighted by Gasteiger charge is 2.24. The van der Waals surface area contributed by atoms with Crippen LogP contribution in [0.1, 0.15) is 26.3 Å². The summed E-state index contributed by atoms with van der Waals surface area (Å²) in [5, 5.41) is 2.53. The Morgan fingerprint density at radius 3 is 2.87 bits per heavy atom. The van der Waals surface area contributed by atoms with Crippen molar-refractivity contribution in [1.82, 2.24) is 10.2 Å². The summed E-state index contributed by atoms with van der Waals surface area (Å²) < 4.78 is 0. The van der Waals surface area contributed by atoms with Crippen LogP contribution in [0.4, 0.5) is 0 Å². The Labute approximate surface area is 87.9 Å². The molecule has 0 saturated carbocycles. The molecule has 0 atom stereocenters. The molecule has 1 aliphatic rings. The summed E-state index contributed by atoms with van der Waals surface area (Å²) in [4.78, 5) is 24.7. The summed E-state index contributed by atoms with van der Waals surface area (Å²) in [6.45, 7) is 0.627. The van der Waals surface area contributed by atoms with E-state index in [9.17, 15) is 9.59 Å². The van der Waals surface area contributed by atoms with Crippen LogP contribution < -0.4 is 5.32 Å². The van der Waals surface area contributed by atoms with E-state index in [1.165, 1.54) is 0 Å². The molecular formula is C11H12N2O2. The molecule has 2 amide bonds. The van der Waals surface area contributed by atoms with Crippen molar-refractivity contribution < 1.29 is 9.59 Å². The molecule has 15 heavy (non-hydrogen) atoms. The molecule has 4 heteroatoms. The minimum atomic E-state index is -0.167. The SMILES string of the molecule is CNC(=O)c1ccc2c(c1)C(=O)N(C)C2. The van der Waals surface area contributed by atoms with Crippen molar-refractivity contribution in [3.05, 3.63) is 34.9 Å². The summed E-state index contributed by atoms with van der Waals surface area (Å²) in [6.07, 6.45) is 0. The molecule has 0 aliphatic carbocycles. The number of nitrogens with zero attached hydrogens (tertiary/aromatic N) is 1. The van der Waals surface area contributed by atoms with Gasteiger partial charge in [-0.25, -0.2) is 0 Å². The van der Waals surface area contributed by atoms with Crippen LogP contribution in [0.25, 0.3) is 0 Å². The molecule has 0 bridgehead atoms. The fraction of sp³-hybridized carbons (Fsp3) is 0.273. The van der Waals surface area contributed by atoms with E-state index in [2.05, 4.69) is 5.32 Å². The number of carbonyl (C=O) groups excluding carboxylic acids is 2. The lowest BCUT2D eigenvalue weighted by Crippen LogP contribution is -2.19. The molecule has 0 aromatic heterocycles. The monoisotopic (exact) mass is 204 g/mol. The molecule has 4 nitrogen and oxygen atoms in total. The van der Waals surface area contributed by atoms with Gasteiger partial charge in [0.05, 0.1) is 0 Å². The quantitative estimate of drug-likeness (QED) is 0.729. The molecule has 1 aliphatic heterocycles. The molecule has 0 spiro atoms. The van der Waals surface area contributed by atoms with Crippen molar-refractivity contribution >= 4 is 11.8 Å². The number of hydrogen-bond donors (Lipinski definition) is 1. The third-order valence-corrected chi connectivity index (χ3v) is 2.58. The molecule has 2 rings (SSSR count). The highest BCUT2D eigenvalue weighted by molar-refractivity contribution is 6.02. The summed E-state index contributed by atoms with van der Waals surface area (Å²) in [7, 11) is 3.32. The van der Waals surface area contributed by atoms with E-state index < -0.39 is 0 Å². The zero-order chi connectivity index (χ0) is 11.0. The Bertz CT molecular complexity index is 440. The van der Waals surface area contributed by atoms with E-state index in [1.807, 2.05) is 6.07 Å². The molecule has 0 unspecified atom stereocenters. The van der Waals surface area contributed by atoms with Crippen LogP contribution in [0.5, 0.6) is 0 Å². The van der Waals surface area contributed by atoms with Gasteiger partial charge in [-0.15, -0.1) is 0 Å². The summed E-state index contributed by atoms with van der Waals surface area (Å²) in [5.41, 5.74) is 2.15. The van der Waals surface area contributed by atoms with E-state index >= 15 is 0 Å². The highest BCUT2D eigenvalue weighted by atomic mass is 16.2. The number of amides is 2. The van der Waals surface area contributed by atoms with E-state index in [1.54, 1.807) is 31.1 Å². The second-order valence-electron chi connectivity index (χ2n) is 3.61. The van der Waals surface area contributed by atoms with Crippen molar-refractivity contribution in [3.8, 4) is 0 Å². The van der Waals surface area contributed by atoms with Gasteiger partial charge >= 0.3 is 0 Å². The van der Waals surface area contributed by atoms with Crippen LogP contribution in [0, 0.1) is 0 Å². The number of hydrogen-bond acceptors (Lipinski definition) is 2. The van der Waals surface area contributed by atoms with Crippen LogP contribution in [0.3, 0.4) is 0 Å². The molecule has 0 saturated heterocycles. The zero-order valence-electron chi connectivity index (χ0n) is 8.70. The van der Waals surface area contributed by atoms with Crippen LogP contribution in [-0.2, 0) is 6.54 Å². The number of carbonyl (C=O) groups is 2. The lowest BCUT2D eigenvalue weighted by Gasteiger charge is -2.04. The standard InChI is InChI=1S/C11H12N2O2/c1-12-10(14)7-3-4-8-6-13(2)11(15)9(8)5-7/h3-5H,6H2,1-2H3,(H,12,14). The Balaban J connectivity index is 2.44. The van der Waals surface area contributed by atoms with Gasteiger partial charge < -0.3 is 10.2 Å². The maximum absolute atomic E-state index is 11.7. The van der Waals surface area contributed by atoms with Crippen LogP contribution in [0.2, 0.25) is 0 Å². The van der Waals surface area contributed by atoms with Gasteiger partial charge in [0.1, 0.15) is 0 Å². The molecule has 78 valence electrons. The van der Waals surface area contributed by atoms with Gasteiger partial charge in [-0.2, -0.15) is 0 Å². The van der Waals surface area contributed by atoms with Gasteiger partial charge in [-0.05, 0) is 17.7 Å². The Kier molecular flexibility index (Phi) is 2.19. The number of nitrogens with one attached hydrogen (secondary N) is 1. The van der Waals surface area contributed by atoms with Gasteiger partial charge in [-0.1, -0.05) is 6.07 Å². The largest absolute Gasteiger partial charge is 0.355 e. The molecule has 1 heterocycles. The van der Waals surface area contributed by atoms with Gasteiger partial charge in [0.25, 0.3) is 11.8 Å². The molecule has 0 radical (unpaired) electrons. The lowest BCUT2D eigenvalue weighted by molar-refractivity contribution is 0.0816. The van der Waals surface area contributed by atoms with E-state index in [-0.39, 0.29) is 11.8 Å². The molecular weight excluding hydrogens is 192 g/mol. The summed E-state index contributed by atoms with van der Waals surface area (Å²) in [5.74, 6) is -0.184. The fourth-order valence-corrected chi connectivity index (χ4v) is 1.73. The van der Waals surface area contributed by atoms with Crippen LogP contribution in [-0.4, -0.2) is 30.8 Å². The molecule has 0 fully saturated rings. The van der Waals surface area contributed by atoms with E-state index in [4.69, 9.17) is 0 Å².